The molecular formula is C23H13Br2NO4. The smallest absolute Gasteiger partial charge is 0.363 e. The van der Waals surface area contributed by atoms with Crippen LogP contribution in [0.1, 0.15) is 21.5 Å². The third-order valence-electron chi connectivity index (χ3n) is 4.19. The van der Waals surface area contributed by atoms with Crippen LogP contribution in [0.3, 0.4) is 0 Å². The molecule has 0 N–H and O–H groups in total. The second-order valence-corrected chi connectivity index (χ2v) is 8.11. The quantitative estimate of drug-likeness (QED) is 0.246. The highest BCUT2D eigenvalue weighted by Crippen LogP contribution is 2.28. The van der Waals surface area contributed by atoms with E-state index in [9.17, 15) is 9.59 Å². The molecule has 0 bridgehead atoms. The molecule has 3 aromatic rings. The summed E-state index contributed by atoms with van der Waals surface area (Å²) in [4.78, 5) is 29.1. The number of ether oxygens (including phenoxy) is 2. The molecule has 0 unspecified atom stereocenters. The highest BCUT2D eigenvalue weighted by Gasteiger charge is 2.25. The zero-order chi connectivity index (χ0) is 21.1. The lowest BCUT2D eigenvalue weighted by molar-refractivity contribution is -0.129. The van der Waals surface area contributed by atoms with Crippen molar-refractivity contribution in [1.29, 1.82) is 0 Å². The number of cyclic esters (lactones) is 1. The number of aliphatic imine (C=N–C) groups is 1. The molecule has 30 heavy (non-hydrogen) atoms. The Kier molecular flexibility index (Phi) is 5.92. The molecule has 5 nitrogen and oxygen atoms in total. The molecule has 7 heteroatoms. The fourth-order valence-electron chi connectivity index (χ4n) is 2.73. The number of benzene rings is 3. The Morgan fingerprint density at radius 1 is 0.933 bits per heavy atom. The summed E-state index contributed by atoms with van der Waals surface area (Å²) in [6.07, 6.45) is 1.53. The van der Waals surface area contributed by atoms with Crippen molar-refractivity contribution in [3.8, 4) is 5.75 Å². The first-order valence-corrected chi connectivity index (χ1v) is 10.4. The molecular weight excluding hydrogens is 514 g/mol. The minimum absolute atomic E-state index is 0.114. The highest BCUT2D eigenvalue weighted by molar-refractivity contribution is 9.10. The maximum Gasteiger partial charge on any atom is 0.363 e. The number of nitrogens with zero attached hydrogens (tertiary/aromatic N) is 1. The van der Waals surface area contributed by atoms with Crippen molar-refractivity contribution in [3.05, 3.63) is 104 Å². The van der Waals surface area contributed by atoms with Crippen LogP contribution >= 0.6 is 31.9 Å². The van der Waals surface area contributed by atoms with Gasteiger partial charge in [-0.2, -0.15) is 0 Å². The van der Waals surface area contributed by atoms with E-state index >= 15 is 0 Å². The van der Waals surface area contributed by atoms with E-state index in [0.29, 0.717) is 22.4 Å². The van der Waals surface area contributed by atoms with Crippen molar-refractivity contribution in [2.24, 2.45) is 4.99 Å². The molecule has 1 heterocycles. The summed E-state index contributed by atoms with van der Waals surface area (Å²) in [5.74, 6) is -0.546. The van der Waals surface area contributed by atoms with Gasteiger partial charge in [-0.1, -0.05) is 50.1 Å². The number of hydrogen-bond acceptors (Lipinski definition) is 5. The SMILES string of the molecule is O=C1OC(c2ccc(Br)cc2)=N/C1=C/c1cc(Br)ccc1OC(=O)c1ccccc1. The number of hydrogen-bond donors (Lipinski definition) is 0. The van der Waals surface area contributed by atoms with Crippen LogP contribution in [-0.2, 0) is 9.53 Å². The molecule has 0 radical (unpaired) electrons. The molecule has 0 aromatic heterocycles. The van der Waals surface area contributed by atoms with Crippen molar-refractivity contribution >= 4 is 55.8 Å². The zero-order valence-electron chi connectivity index (χ0n) is 15.3. The Morgan fingerprint density at radius 2 is 1.63 bits per heavy atom. The minimum atomic E-state index is -0.576. The van der Waals surface area contributed by atoms with Gasteiger partial charge in [0.15, 0.2) is 5.70 Å². The predicted octanol–water partition coefficient (Wildman–Crippen LogP) is 5.78. The van der Waals surface area contributed by atoms with Crippen LogP contribution in [0.4, 0.5) is 0 Å². The Bertz CT molecular complexity index is 1190. The van der Waals surface area contributed by atoms with E-state index in [0.717, 1.165) is 8.95 Å². The Hall–Kier alpha value is -3.03. The molecule has 0 amide bonds. The average Bonchev–Trinajstić information content (AvgIpc) is 3.11. The first-order valence-electron chi connectivity index (χ1n) is 8.85. The van der Waals surface area contributed by atoms with Gasteiger partial charge in [-0.25, -0.2) is 14.6 Å². The van der Waals surface area contributed by atoms with E-state index in [1.807, 2.05) is 18.2 Å². The maximum absolute atomic E-state index is 12.4. The first kappa shape index (κ1) is 20.3. The van der Waals surface area contributed by atoms with Crippen molar-refractivity contribution in [3.63, 3.8) is 0 Å². The number of halogens is 2. The standard InChI is InChI=1S/C23H13Br2NO4/c24-17-8-6-14(7-9-17)21-26-19(23(28)30-21)13-16-12-18(25)10-11-20(16)29-22(27)15-4-2-1-3-5-15/h1-13H/b19-13+. The fraction of sp³-hybridized carbons (Fsp3) is 0. The van der Waals surface area contributed by atoms with Gasteiger partial charge >= 0.3 is 11.9 Å². The molecule has 0 aliphatic carbocycles. The van der Waals surface area contributed by atoms with Crippen LogP contribution in [0.25, 0.3) is 6.08 Å². The average molecular weight is 527 g/mol. The largest absolute Gasteiger partial charge is 0.422 e. The molecule has 0 saturated carbocycles. The Balaban J connectivity index is 1.66. The summed E-state index contributed by atoms with van der Waals surface area (Å²) < 4.78 is 12.5. The predicted molar refractivity (Wildman–Crippen MR) is 120 cm³/mol. The summed E-state index contributed by atoms with van der Waals surface area (Å²) in [5, 5.41) is 0. The molecule has 1 aliphatic heterocycles. The summed E-state index contributed by atoms with van der Waals surface area (Å²) in [6.45, 7) is 0. The fourth-order valence-corrected chi connectivity index (χ4v) is 3.37. The summed E-state index contributed by atoms with van der Waals surface area (Å²) in [5.41, 5.74) is 1.74. The number of rotatable bonds is 4. The van der Waals surface area contributed by atoms with Crippen LogP contribution < -0.4 is 4.74 Å². The molecule has 0 fully saturated rings. The number of carbonyl (C=O) groups excluding carboxylic acids is 2. The zero-order valence-corrected chi connectivity index (χ0v) is 18.5. The van der Waals surface area contributed by atoms with Gasteiger partial charge in [-0.15, -0.1) is 0 Å². The summed E-state index contributed by atoms with van der Waals surface area (Å²) >= 11 is 6.77. The normalized spacial score (nSPS) is 14.4. The van der Waals surface area contributed by atoms with Gasteiger partial charge in [0, 0.05) is 20.1 Å². The van der Waals surface area contributed by atoms with Crippen LogP contribution in [0.2, 0.25) is 0 Å². The number of carbonyl (C=O) groups is 2. The molecule has 1 aliphatic rings. The van der Waals surface area contributed by atoms with E-state index in [4.69, 9.17) is 9.47 Å². The lowest BCUT2D eigenvalue weighted by atomic mass is 10.1. The van der Waals surface area contributed by atoms with Gasteiger partial charge in [-0.05, 0) is 60.7 Å². The van der Waals surface area contributed by atoms with Gasteiger partial charge in [0.1, 0.15) is 5.75 Å². The van der Waals surface area contributed by atoms with Crippen molar-refractivity contribution in [1.82, 2.24) is 0 Å². The lowest BCUT2D eigenvalue weighted by Gasteiger charge is -2.08. The van der Waals surface area contributed by atoms with Crippen molar-refractivity contribution in [2.75, 3.05) is 0 Å². The van der Waals surface area contributed by atoms with E-state index in [1.54, 1.807) is 54.6 Å². The van der Waals surface area contributed by atoms with Crippen LogP contribution in [0.15, 0.2) is 92.4 Å². The second-order valence-electron chi connectivity index (χ2n) is 6.28. The molecule has 3 aromatic carbocycles. The third-order valence-corrected chi connectivity index (χ3v) is 5.21. The Morgan fingerprint density at radius 3 is 2.37 bits per heavy atom. The van der Waals surface area contributed by atoms with Gasteiger partial charge in [0.2, 0.25) is 5.90 Å². The monoisotopic (exact) mass is 525 g/mol. The van der Waals surface area contributed by atoms with E-state index in [2.05, 4.69) is 36.9 Å². The van der Waals surface area contributed by atoms with Crippen LogP contribution in [0.5, 0.6) is 5.75 Å². The summed E-state index contributed by atoms with van der Waals surface area (Å²) in [7, 11) is 0. The molecule has 4 rings (SSSR count). The van der Waals surface area contributed by atoms with E-state index < -0.39 is 11.9 Å². The van der Waals surface area contributed by atoms with E-state index in [1.165, 1.54) is 6.08 Å². The summed E-state index contributed by atoms with van der Waals surface area (Å²) in [6, 6.07) is 21.1. The first-order chi connectivity index (χ1) is 14.5. The highest BCUT2D eigenvalue weighted by atomic mass is 79.9. The van der Waals surface area contributed by atoms with Crippen LogP contribution in [0, 0.1) is 0 Å². The molecule has 0 atom stereocenters. The van der Waals surface area contributed by atoms with Gasteiger partial charge in [0.05, 0.1) is 5.56 Å². The third kappa shape index (κ3) is 4.58. The lowest BCUT2D eigenvalue weighted by Crippen LogP contribution is -2.09. The Labute approximate surface area is 189 Å². The van der Waals surface area contributed by atoms with Gasteiger partial charge in [-0.3, -0.25) is 0 Å². The number of esters is 2. The second kappa shape index (κ2) is 8.77. The molecule has 0 spiro atoms. The minimum Gasteiger partial charge on any atom is -0.422 e. The van der Waals surface area contributed by atoms with Crippen molar-refractivity contribution in [2.45, 2.75) is 0 Å². The maximum atomic E-state index is 12.4. The molecule has 148 valence electrons. The van der Waals surface area contributed by atoms with Gasteiger partial charge < -0.3 is 9.47 Å². The van der Waals surface area contributed by atoms with E-state index in [-0.39, 0.29) is 11.6 Å². The van der Waals surface area contributed by atoms with Crippen LogP contribution in [-0.4, -0.2) is 17.8 Å². The topological polar surface area (TPSA) is 65.0 Å². The van der Waals surface area contributed by atoms with Gasteiger partial charge in [0.25, 0.3) is 0 Å². The van der Waals surface area contributed by atoms with Crippen molar-refractivity contribution < 1.29 is 19.1 Å². The molecule has 0 saturated heterocycles.